The molecule has 0 aliphatic heterocycles. The lowest BCUT2D eigenvalue weighted by Gasteiger charge is -2.10. The predicted molar refractivity (Wildman–Crippen MR) is 110 cm³/mol. The molecule has 2 heterocycles. The fourth-order valence-electron chi connectivity index (χ4n) is 2.61. The van der Waals surface area contributed by atoms with Gasteiger partial charge in [0, 0.05) is 35.6 Å². The zero-order chi connectivity index (χ0) is 20.4. The van der Waals surface area contributed by atoms with Crippen LogP contribution in [0.3, 0.4) is 0 Å². The maximum atomic E-state index is 13.1. The first-order valence-electron chi connectivity index (χ1n) is 8.57. The Bertz CT molecular complexity index is 1170. The number of nitrogens with zero attached hydrogens (tertiary/aromatic N) is 4. The summed E-state index contributed by atoms with van der Waals surface area (Å²) in [6.07, 6.45) is 5.20. The van der Waals surface area contributed by atoms with Gasteiger partial charge in [0.05, 0.1) is 11.4 Å². The van der Waals surface area contributed by atoms with Crippen molar-refractivity contribution in [1.82, 2.24) is 19.3 Å². The number of benzene rings is 2. The molecule has 4 aromatic rings. The highest BCUT2D eigenvalue weighted by Gasteiger charge is 2.15. The molecule has 1 amide bonds. The van der Waals surface area contributed by atoms with Crippen molar-refractivity contribution in [3.63, 3.8) is 0 Å². The lowest BCUT2D eigenvalue weighted by atomic mass is 10.3. The Morgan fingerprint density at radius 1 is 1.14 bits per heavy atom. The second-order valence-corrected chi connectivity index (χ2v) is 7.58. The highest BCUT2D eigenvalue weighted by atomic mass is 35.5. The van der Waals surface area contributed by atoms with Gasteiger partial charge in [0.15, 0.2) is 10.9 Å². The Balaban J connectivity index is 1.56. The molecule has 146 valence electrons. The minimum atomic E-state index is -0.380. The molecule has 0 saturated heterocycles. The maximum absolute atomic E-state index is 13.1. The lowest BCUT2D eigenvalue weighted by Crippen LogP contribution is -2.14. The first-order chi connectivity index (χ1) is 14.0. The molecule has 1 N–H and O–H groups in total. The Kier molecular flexibility index (Phi) is 5.37. The topological polar surface area (TPSA) is 64.7 Å². The zero-order valence-corrected chi connectivity index (χ0v) is 16.8. The first-order valence-corrected chi connectivity index (χ1v) is 9.77. The van der Waals surface area contributed by atoms with E-state index in [1.165, 1.54) is 28.6 Å². The van der Waals surface area contributed by atoms with Gasteiger partial charge < -0.3 is 9.88 Å². The van der Waals surface area contributed by atoms with Crippen LogP contribution in [0.15, 0.2) is 77.2 Å². The van der Waals surface area contributed by atoms with Crippen LogP contribution in [0.1, 0.15) is 10.5 Å². The van der Waals surface area contributed by atoms with Crippen LogP contribution < -0.4 is 5.32 Å². The second kappa shape index (κ2) is 8.10. The summed E-state index contributed by atoms with van der Waals surface area (Å²) in [5.41, 5.74) is 1.44. The van der Waals surface area contributed by atoms with Gasteiger partial charge in [0.25, 0.3) is 5.91 Å². The summed E-state index contributed by atoms with van der Waals surface area (Å²) in [5.74, 6) is -0.715. The molecule has 0 fully saturated rings. The van der Waals surface area contributed by atoms with Crippen molar-refractivity contribution >= 4 is 35.0 Å². The van der Waals surface area contributed by atoms with Gasteiger partial charge in [-0.2, -0.15) is 5.10 Å². The molecule has 0 aliphatic carbocycles. The molecule has 2 aromatic carbocycles. The average molecular weight is 428 g/mol. The molecule has 29 heavy (non-hydrogen) atoms. The largest absolute Gasteiger partial charge is 0.329 e. The quantitative estimate of drug-likeness (QED) is 0.496. The SMILES string of the molecule is Cn1ccnc1Sc1ccc(Cl)cc1NC(=O)c1ccn(-c2ccc(F)cc2)n1. The van der Waals surface area contributed by atoms with E-state index in [-0.39, 0.29) is 17.4 Å². The summed E-state index contributed by atoms with van der Waals surface area (Å²) in [5, 5.41) is 8.41. The molecule has 0 unspecified atom stereocenters. The third-order valence-corrected chi connectivity index (χ3v) is 5.47. The summed E-state index contributed by atoms with van der Waals surface area (Å²) in [4.78, 5) is 17.8. The number of aryl methyl sites for hydroxylation is 1. The number of hydrogen-bond acceptors (Lipinski definition) is 4. The standard InChI is InChI=1S/C20H15ClFN5OS/c1-26-11-9-23-20(26)29-18-7-2-13(21)12-17(18)24-19(28)16-8-10-27(25-16)15-5-3-14(22)4-6-15/h2-12H,1H3,(H,24,28). The van der Waals surface area contributed by atoms with Gasteiger partial charge in [-0.25, -0.2) is 14.1 Å². The summed E-state index contributed by atoms with van der Waals surface area (Å²) in [6, 6.07) is 12.7. The monoisotopic (exact) mass is 427 g/mol. The fourth-order valence-corrected chi connectivity index (χ4v) is 3.65. The molecule has 0 aliphatic rings. The predicted octanol–water partition coefficient (Wildman–Crippen LogP) is 4.80. The molecular weight excluding hydrogens is 413 g/mol. The number of carbonyl (C=O) groups is 1. The third-order valence-electron chi connectivity index (χ3n) is 4.08. The average Bonchev–Trinajstić information content (AvgIpc) is 3.34. The van der Waals surface area contributed by atoms with E-state index in [0.717, 1.165) is 10.1 Å². The van der Waals surface area contributed by atoms with Crippen LogP contribution in [0, 0.1) is 5.82 Å². The number of imidazole rings is 1. The number of halogens is 2. The molecule has 2 aromatic heterocycles. The highest BCUT2D eigenvalue weighted by molar-refractivity contribution is 7.99. The normalized spacial score (nSPS) is 10.9. The van der Waals surface area contributed by atoms with Crippen molar-refractivity contribution in [3.8, 4) is 5.69 Å². The van der Waals surface area contributed by atoms with E-state index in [0.29, 0.717) is 16.4 Å². The van der Waals surface area contributed by atoms with Crippen molar-refractivity contribution < 1.29 is 9.18 Å². The van der Waals surface area contributed by atoms with E-state index < -0.39 is 0 Å². The zero-order valence-electron chi connectivity index (χ0n) is 15.2. The molecule has 9 heteroatoms. The van der Waals surface area contributed by atoms with Gasteiger partial charge in [-0.05, 0) is 60.3 Å². The van der Waals surface area contributed by atoms with Gasteiger partial charge in [0.2, 0.25) is 0 Å². The number of amides is 1. The van der Waals surface area contributed by atoms with Crippen LogP contribution >= 0.6 is 23.4 Å². The van der Waals surface area contributed by atoms with Crippen molar-refractivity contribution in [2.45, 2.75) is 10.1 Å². The molecule has 0 bridgehead atoms. The van der Waals surface area contributed by atoms with Crippen molar-refractivity contribution in [2.24, 2.45) is 7.05 Å². The van der Waals surface area contributed by atoms with Crippen LogP contribution in [-0.2, 0) is 7.05 Å². The van der Waals surface area contributed by atoms with E-state index in [2.05, 4.69) is 15.4 Å². The summed E-state index contributed by atoms with van der Waals surface area (Å²) in [6.45, 7) is 0. The van der Waals surface area contributed by atoms with Crippen LogP contribution in [0.4, 0.5) is 10.1 Å². The minimum Gasteiger partial charge on any atom is -0.329 e. The van der Waals surface area contributed by atoms with Crippen molar-refractivity contribution in [3.05, 3.63) is 83.7 Å². The smallest absolute Gasteiger partial charge is 0.276 e. The number of carbonyl (C=O) groups excluding carboxylic acids is 1. The Morgan fingerprint density at radius 3 is 2.66 bits per heavy atom. The van der Waals surface area contributed by atoms with Crippen LogP contribution in [0.5, 0.6) is 0 Å². The second-order valence-electron chi connectivity index (χ2n) is 6.14. The molecule has 4 rings (SSSR count). The van der Waals surface area contributed by atoms with E-state index in [1.807, 2.05) is 23.9 Å². The van der Waals surface area contributed by atoms with Gasteiger partial charge in [-0.15, -0.1) is 0 Å². The Hall–Kier alpha value is -3.10. The molecule has 0 saturated carbocycles. The summed E-state index contributed by atoms with van der Waals surface area (Å²) >= 11 is 7.54. The minimum absolute atomic E-state index is 0.224. The van der Waals surface area contributed by atoms with E-state index in [9.17, 15) is 9.18 Å². The Morgan fingerprint density at radius 2 is 1.93 bits per heavy atom. The molecule has 6 nitrogen and oxygen atoms in total. The highest BCUT2D eigenvalue weighted by Crippen LogP contribution is 2.34. The fraction of sp³-hybridized carbons (Fsp3) is 0.0500. The van der Waals surface area contributed by atoms with Crippen molar-refractivity contribution in [2.75, 3.05) is 5.32 Å². The maximum Gasteiger partial charge on any atom is 0.276 e. The molecule has 0 spiro atoms. The van der Waals surface area contributed by atoms with E-state index in [4.69, 9.17) is 11.6 Å². The molecule has 0 atom stereocenters. The number of rotatable bonds is 5. The van der Waals surface area contributed by atoms with Gasteiger partial charge in [0.1, 0.15) is 5.82 Å². The van der Waals surface area contributed by atoms with E-state index >= 15 is 0 Å². The van der Waals surface area contributed by atoms with Crippen molar-refractivity contribution in [1.29, 1.82) is 0 Å². The third kappa shape index (κ3) is 4.33. The van der Waals surface area contributed by atoms with E-state index in [1.54, 1.807) is 42.7 Å². The van der Waals surface area contributed by atoms with Gasteiger partial charge in [-0.1, -0.05) is 11.6 Å². The number of aromatic nitrogens is 4. The molecule has 0 radical (unpaired) electrons. The summed E-state index contributed by atoms with van der Waals surface area (Å²) in [7, 11) is 1.89. The van der Waals surface area contributed by atoms with Gasteiger partial charge >= 0.3 is 0 Å². The van der Waals surface area contributed by atoms with Gasteiger partial charge in [-0.3, -0.25) is 4.79 Å². The first kappa shape index (κ1) is 19.2. The molecular formula is C20H15ClFN5OS. The number of nitrogens with one attached hydrogen (secondary N) is 1. The number of hydrogen-bond donors (Lipinski definition) is 1. The van der Waals surface area contributed by atoms with Crippen LogP contribution in [0.25, 0.3) is 5.69 Å². The van der Waals surface area contributed by atoms with Crippen LogP contribution in [0.2, 0.25) is 5.02 Å². The Labute approximate surface area is 175 Å². The number of anilines is 1. The van der Waals surface area contributed by atoms with Crippen LogP contribution in [-0.4, -0.2) is 25.2 Å². The lowest BCUT2D eigenvalue weighted by molar-refractivity contribution is 0.102. The summed E-state index contributed by atoms with van der Waals surface area (Å²) < 4.78 is 16.5.